The Morgan fingerprint density at radius 2 is 1.71 bits per heavy atom. The Morgan fingerprint density at radius 3 is 2.41 bits per heavy atom. The van der Waals surface area contributed by atoms with Gasteiger partial charge in [0.25, 0.3) is 11.8 Å². The highest BCUT2D eigenvalue weighted by Crippen LogP contribution is 2.30. The predicted octanol–water partition coefficient (Wildman–Crippen LogP) is 5.65. The van der Waals surface area contributed by atoms with Gasteiger partial charge < -0.3 is 4.74 Å². The summed E-state index contributed by atoms with van der Waals surface area (Å²) in [5.74, 6) is 0.413. The lowest BCUT2D eigenvalue weighted by atomic mass is 9.94. The van der Waals surface area contributed by atoms with Gasteiger partial charge in [0.15, 0.2) is 0 Å². The predicted molar refractivity (Wildman–Crippen MR) is 140 cm³/mol. The molecule has 4 rings (SSSR count). The minimum Gasteiger partial charge on any atom is -0.497 e. The average Bonchev–Trinajstić information content (AvgIpc) is 3.08. The summed E-state index contributed by atoms with van der Waals surface area (Å²) in [6.07, 6.45) is 2.41. The van der Waals surface area contributed by atoms with Gasteiger partial charge in [0.05, 0.1) is 30.5 Å². The Balaban J connectivity index is 1.45. The number of aliphatic imine (C=N–C) groups is 1. The number of anilines is 1. The first kappa shape index (κ1) is 23.5. The van der Waals surface area contributed by atoms with Crippen molar-refractivity contribution in [3.05, 3.63) is 94.5 Å². The number of ether oxygens (including phenoxy) is 1. The van der Waals surface area contributed by atoms with Gasteiger partial charge in [-0.05, 0) is 59.0 Å². The molecule has 0 radical (unpaired) electrons. The van der Waals surface area contributed by atoms with E-state index in [9.17, 15) is 9.59 Å². The fourth-order valence-electron chi connectivity index (χ4n) is 4.08. The molecule has 0 N–H and O–H groups in total. The van der Waals surface area contributed by atoms with E-state index < -0.39 is 0 Å². The van der Waals surface area contributed by atoms with Gasteiger partial charge in [-0.1, -0.05) is 56.4 Å². The van der Waals surface area contributed by atoms with E-state index in [0.717, 1.165) is 10.4 Å². The molecule has 6 heteroatoms. The number of carbonyl (C=O) groups is 2. The second kappa shape index (κ2) is 10.1. The Bertz CT molecular complexity index is 1280. The maximum atomic E-state index is 13.0. The van der Waals surface area contributed by atoms with Crippen LogP contribution in [0.15, 0.2) is 71.7 Å². The molecule has 1 heterocycles. The molecule has 0 fully saturated rings. The Labute approximate surface area is 205 Å². The monoisotopic (exact) mass is 470 g/mol. The number of fused-ring (bicyclic) bond motifs is 1. The van der Waals surface area contributed by atoms with E-state index in [-0.39, 0.29) is 11.8 Å². The van der Waals surface area contributed by atoms with Crippen LogP contribution in [0.5, 0.6) is 5.75 Å². The summed E-state index contributed by atoms with van der Waals surface area (Å²) in [5, 5.41) is 0. The van der Waals surface area contributed by atoms with E-state index in [2.05, 4.69) is 37.0 Å². The summed E-state index contributed by atoms with van der Waals surface area (Å²) >= 11 is 5.57. The quantitative estimate of drug-likeness (QED) is 0.242. The van der Waals surface area contributed by atoms with Crippen LogP contribution in [-0.2, 0) is 6.42 Å². The van der Waals surface area contributed by atoms with Crippen molar-refractivity contribution in [3.8, 4) is 5.75 Å². The highest BCUT2D eigenvalue weighted by atomic mass is 32.1. The van der Waals surface area contributed by atoms with Gasteiger partial charge >= 0.3 is 0 Å². The Morgan fingerprint density at radius 1 is 1.00 bits per heavy atom. The zero-order valence-electron chi connectivity index (χ0n) is 19.4. The largest absolute Gasteiger partial charge is 0.497 e. The van der Waals surface area contributed by atoms with Gasteiger partial charge in [-0.15, -0.1) is 0 Å². The lowest BCUT2D eigenvalue weighted by molar-refractivity contribution is 0.0926. The number of carbonyl (C=O) groups excluding carboxylic acids is 2. The fraction of sp³-hybridized carbons (Fsp3) is 0.214. The number of rotatable bonds is 8. The van der Waals surface area contributed by atoms with Crippen molar-refractivity contribution in [1.82, 2.24) is 0 Å². The SMILES string of the molecule is COc1ccc(N2C(=O)c3ccc(C=NCC(=S)Cc4ccccc4C(C)C)cc3C2=O)cc1. The molecule has 1 aliphatic rings. The highest BCUT2D eigenvalue weighted by Gasteiger charge is 2.36. The highest BCUT2D eigenvalue weighted by molar-refractivity contribution is 7.80. The molecule has 5 nitrogen and oxygen atoms in total. The number of hydrogen-bond donors (Lipinski definition) is 0. The van der Waals surface area contributed by atoms with Crippen LogP contribution in [0.2, 0.25) is 0 Å². The van der Waals surface area contributed by atoms with E-state index in [1.165, 1.54) is 16.0 Å². The van der Waals surface area contributed by atoms with E-state index in [4.69, 9.17) is 17.0 Å². The van der Waals surface area contributed by atoms with Crippen LogP contribution in [0.25, 0.3) is 0 Å². The number of thiocarbonyl (C=S) groups is 1. The molecule has 0 atom stereocenters. The van der Waals surface area contributed by atoms with Crippen molar-refractivity contribution in [2.24, 2.45) is 4.99 Å². The van der Waals surface area contributed by atoms with Crippen molar-refractivity contribution >= 4 is 40.8 Å². The molecule has 3 aromatic carbocycles. The summed E-state index contributed by atoms with van der Waals surface area (Å²) in [6.45, 7) is 4.77. The number of nitrogens with zero attached hydrogens (tertiary/aromatic N) is 2. The topological polar surface area (TPSA) is 59.0 Å². The second-order valence-corrected chi connectivity index (χ2v) is 9.06. The van der Waals surface area contributed by atoms with E-state index >= 15 is 0 Å². The molecule has 0 aliphatic carbocycles. The Hall–Kier alpha value is -3.64. The van der Waals surface area contributed by atoms with E-state index in [1.54, 1.807) is 55.8 Å². The minimum absolute atomic E-state index is 0.335. The molecule has 0 bridgehead atoms. The zero-order valence-corrected chi connectivity index (χ0v) is 20.3. The summed E-state index contributed by atoms with van der Waals surface area (Å²) < 4.78 is 5.15. The molecule has 34 heavy (non-hydrogen) atoms. The van der Waals surface area contributed by atoms with Gasteiger partial charge in [-0.25, -0.2) is 4.90 Å². The van der Waals surface area contributed by atoms with Crippen molar-refractivity contribution in [2.75, 3.05) is 18.6 Å². The third kappa shape index (κ3) is 4.82. The first-order valence-corrected chi connectivity index (χ1v) is 11.6. The lowest BCUT2D eigenvalue weighted by Gasteiger charge is -2.14. The van der Waals surface area contributed by atoms with Gasteiger partial charge in [-0.3, -0.25) is 14.6 Å². The zero-order chi connectivity index (χ0) is 24.2. The third-order valence-corrected chi connectivity index (χ3v) is 6.09. The molecule has 0 aromatic heterocycles. The molecule has 2 amide bonds. The molecule has 1 aliphatic heterocycles. The molecule has 0 unspecified atom stereocenters. The third-order valence-electron chi connectivity index (χ3n) is 5.81. The molecule has 0 saturated heterocycles. The number of amides is 2. The Kier molecular flexibility index (Phi) is 6.98. The maximum absolute atomic E-state index is 13.0. The number of methoxy groups -OCH3 is 1. The molecule has 0 saturated carbocycles. The molecule has 3 aromatic rings. The lowest BCUT2D eigenvalue weighted by Crippen LogP contribution is -2.29. The number of imide groups is 1. The standard InChI is InChI=1S/C28H26N2O3S/c1-18(2)24-7-5-4-6-20(24)15-23(34)17-29-16-19-8-13-25-26(14-19)28(32)30(27(25)31)21-9-11-22(33-3)12-10-21/h4-14,16,18H,15,17H2,1-3H3. The summed E-state index contributed by atoms with van der Waals surface area (Å²) in [5.41, 5.74) is 4.56. The van der Waals surface area contributed by atoms with Gasteiger partial charge in [-0.2, -0.15) is 0 Å². The summed E-state index contributed by atoms with van der Waals surface area (Å²) in [7, 11) is 1.57. The normalized spacial score (nSPS) is 13.1. The molecule has 0 spiro atoms. The van der Waals surface area contributed by atoms with Crippen LogP contribution in [-0.4, -0.2) is 36.5 Å². The van der Waals surface area contributed by atoms with Crippen LogP contribution >= 0.6 is 12.2 Å². The van der Waals surface area contributed by atoms with E-state index in [0.29, 0.717) is 41.4 Å². The second-order valence-electron chi connectivity index (χ2n) is 8.49. The molecule has 172 valence electrons. The van der Waals surface area contributed by atoms with Crippen LogP contribution in [0, 0.1) is 0 Å². The van der Waals surface area contributed by atoms with Crippen LogP contribution < -0.4 is 9.64 Å². The van der Waals surface area contributed by atoms with Gasteiger partial charge in [0.1, 0.15) is 5.75 Å². The summed E-state index contributed by atoms with van der Waals surface area (Å²) in [4.78, 5) is 32.4. The van der Waals surface area contributed by atoms with Crippen LogP contribution in [0.3, 0.4) is 0 Å². The average molecular weight is 471 g/mol. The maximum Gasteiger partial charge on any atom is 0.266 e. The number of benzene rings is 3. The van der Waals surface area contributed by atoms with E-state index in [1.807, 2.05) is 6.07 Å². The molecular formula is C28H26N2O3S. The van der Waals surface area contributed by atoms with Crippen molar-refractivity contribution in [2.45, 2.75) is 26.2 Å². The summed E-state index contributed by atoms with van der Waals surface area (Å²) in [6, 6.07) is 20.4. The van der Waals surface area contributed by atoms with Crippen LogP contribution in [0.1, 0.15) is 57.2 Å². The van der Waals surface area contributed by atoms with Gasteiger partial charge in [0, 0.05) is 17.5 Å². The van der Waals surface area contributed by atoms with Crippen molar-refractivity contribution < 1.29 is 14.3 Å². The first-order valence-electron chi connectivity index (χ1n) is 11.1. The molecular weight excluding hydrogens is 444 g/mol. The van der Waals surface area contributed by atoms with Gasteiger partial charge in [0.2, 0.25) is 0 Å². The first-order chi connectivity index (χ1) is 16.4. The van der Waals surface area contributed by atoms with Crippen LogP contribution in [0.4, 0.5) is 5.69 Å². The van der Waals surface area contributed by atoms with Crippen molar-refractivity contribution in [1.29, 1.82) is 0 Å². The van der Waals surface area contributed by atoms with Crippen molar-refractivity contribution in [3.63, 3.8) is 0 Å². The smallest absolute Gasteiger partial charge is 0.266 e. The fourth-order valence-corrected chi connectivity index (χ4v) is 4.31. The number of hydrogen-bond acceptors (Lipinski definition) is 5. The minimum atomic E-state index is -0.346.